The van der Waals surface area contributed by atoms with Crippen molar-refractivity contribution in [2.45, 2.75) is 38.6 Å². The molecule has 2 N–H and O–H groups in total. The number of phenols is 1. The molecule has 130 valence electrons. The maximum absolute atomic E-state index is 10.2. The molecule has 25 heavy (non-hydrogen) atoms. The molecule has 0 saturated heterocycles. The summed E-state index contributed by atoms with van der Waals surface area (Å²) in [6.45, 7) is 2.09. The molecule has 1 aliphatic rings. The minimum atomic E-state index is 0.126. The van der Waals surface area contributed by atoms with Crippen molar-refractivity contribution in [3.63, 3.8) is 0 Å². The summed E-state index contributed by atoms with van der Waals surface area (Å²) in [5.74, 6) is 1.60. The van der Waals surface area contributed by atoms with E-state index in [9.17, 15) is 5.11 Å². The lowest BCUT2D eigenvalue weighted by atomic mass is 10.1. The van der Waals surface area contributed by atoms with Crippen LogP contribution in [0.15, 0.2) is 36.4 Å². The highest BCUT2D eigenvalue weighted by molar-refractivity contribution is 5.78. The fourth-order valence-corrected chi connectivity index (χ4v) is 3.69. The van der Waals surface area contributed by atoms with E-state index in [4.69, 9.17) is 9.72 Å². The molecule has 0 aliphatic heterocycles. The van der Waals surface area contributed by atoms with E-state index < -0.39 is 0 Å². The first-order valence-electron chi connectivity index (χ1n) is 8.79. The van der Waals surface area contributed by atoms with Crippen molar-refractivity contribution >= 4 is 11.5 Å². The van der Waals surface area contributed by atoms with E-state index in [-0.39, 0.29) is 5.75 Å². The molecule has 1 fully saturated rings. The molecule has 0 spiro atoms. The van der Waals surface area contributed by atoms with Gasteiger partial charge in [0.2, 0.25) is 0 Å². The molecular formula is C20H23N3O2. The molecule has 1 aromatic carbocycles. The average Bonchev–Trinajstić information content (AvgIpc) is 3.24. The maximum atomic E-state index is 10.2. The second-order valence-electron chi connectivity index (χ2n) is 6.68. The number of phenolic OH excluding ortho intramolecular Hbond substituents is 1. The summed E-state index contributed by atoms with van der Waals surface area (Å²) in [6.07, 6.45) is 4.91. The van der Waals surface area contributed by atoms with Crippen LogP contribution in [0.25, 0.3) is 16.9 Å². The number of nitrogens with one attached hydrogen (secondary N) is 1. The van der Waals surface area contributed by atoms with E-state index in [1.165, 1.54) is 25.7 Å². The Hall–Kier alpha value is -2.69. The summed E-state index contributed by atoms with van der Waals surface area (Å²) >= 11 is 0. The van der Waals surface area contributed by atoms with Gasteiger partial charge in [-0.05, 0) is 50.1 Å². The molecule has 0 radical (unpaired) electrons. The van der Waals surface area contributed by atoms with Crippen LogP contribution < -0.4 is 10.1 Å². The van der Waals surface area contributed by atoms with E-state index >= 15 is 0 Å². The standard InChI is InChI=1S/C20H23N3O2/c1-13-6-5-9-18-22-19(14-10-11-17(25-2)16(24)12-14)20(23(13)18)21-15-7-3-4-8-15/h5-6,9-12,15,21,24H,3-4,7-8H2,1-2H3. The van der Waals surface area contributed by atoms with Gasteiger partial charge < -0.3 is 15.2 Å². The number of pyridine rings is 1. The van der Waals surface area contributed by atoms with E-state index in [0.29, 0.717) is 11.8 Å². The van der Waals surface area contributed by atoms with Gasteiger partial charge in [-0.25, -0.2) is 4.98 Å². The molecule has 0 bridgehead atoms. The fraction of sp³-hybridized carbons (Fsp3) is 0.350. The first kappa shape index (κ1) is 15.8. The van der Waals surface area contributed by atoms with Crippen LogP contribution in [0.4, 0.5) is 5.82 Å². The molecule has 0 atom stereocenters. The SMILES string of the molecule is COc1ccc(-c2nc3cccc(C)n3c2NC2CCCC2)cc1O. The van der Waals surface area contributed by atoms with Crippen LogP contribution in [-0.2, 0) is 0 Å². The number of aromatic nitrogens is 2. The van der Waals surface area contributed by atoms with Crippen LogP contribution in [-0.4, -0.2) is 27.6 Å². The van der Waals surface area contributed by atoms with Crippen molar-refractivity contribution in [2.24, 2.45) is 0 Å². The quantitative estimate of drug-likeness (QED) is 0.742. The van der Waals surface area contributed by atoms with Gasteiger partial charge in [-0.15, -0.1) is 0 Å². The van der Waals surface area contributed by atoms with E-state index in [1.54, 1.807) is 19.2 Å². The number of hydrogen-bond donors (Lipinski definition) is 2. The summed E-state index contributed by atoms with van der Waals surface area (Å²) in [6, 6.07) is 12.0. The molecule has 2 heterocycles. The van der Waals surface area contributed by atoms with Crippen molar-refractivity contribution in [3.05, 3.63) is 42.1 Å². The van der Waals surface area contributed by atoms with Crippen LogP contribution >= 0.6 is 0 Å². The third kappa shape index (κ3) is 2.80. The zero-order chi connectivity index (χ0) is 17.4. The number of anilines is 1. The summed E-state index contributed by atoms with van der Waals surface area (Å²) in [5, 5.41) is 13.9. The summed E-state index contributed by atoms with van der Waals surface area (Å²) in [7, 11) is 1.55. The Morgan fingerprint density at radius 2 is 2.00 bits per heavy atom. The lowest BCUT2D eigenvalue weighted by Crippen LogP contribution is -2.16. The van der Waals surface area contributed by atoms with Gasteiger partial charge in [0.15, 0.2) is 11.5 Å². The average molecular weight is 337 g/mol. The third-order valence-corrected chi connectivity index (χ3v) is 4.99. The Morgan fingerprint density at radius 1 is 1.20 bits per heavy atom. The lowest BCUT2D eigenvalue weighted by molar-refractivity contribution is 0.373. The number of methoxy groups -OCH3 is 1. The Morgan fingerprint density at radius 3 is 2.72 bits per heavy atom. The van der Waals surface area contributed by atoms with Crippen LogP contribution in [0.2, 0.25) is 0 Å². The molecule has 5 nitrogen and oxygen atoms in total. The van der Waals surface area contributed by atoms with Crippen LogP contribution in [0, 0.1) is 6.92 Å². The predicted molar refractivity (Wildman–Crippen MR) is 99.5 cm³/mol. The molecule has 1 aliphatic carbocycles. The van der Waals surface area contributed by atoms with Gasteiger partial charge in [0.25, 0.3) is 0 Å². The summed E-state index contributed by atoms with van der Waals surface area (Å²) in [4.78, 5) is 4.83. The van der Waals surface area contributed by atoms with Gasteiger partial charge >= 0.3 is 0 Å². The van der Waals surface area contributed by atoms with Gasteiger partial charge in [-0.2, -0.15) is 0 Å². The highest BCUT2D eigenvalue weighted by Crippen LogP contribution is 2.36. The number of benzene rings is 1. The Bertz CT molecular complexity index is 911. The Labute approximate surface area is 147 Å². The smallest absolute Gasteiger partial charge is 0.160 e. The molecule has 0 unspecified atom stereocenters. The van der Waals surface area contributed by atoms with Gasteiger partial charge in [0, 0.05) is 17.3 Å². The summed E-state index contributed by atoms with van der Waals surface area (Å²) in [5.41, 5.74) is 3.78. The van der Waals surface area contributed by atoms with Crippen molar-refractivity contribution < 1.29 is 9.84 Å². The van der Waals surface area contributed by atoms with E-state index in [0.717, 1.165) is 28.4 Å². The number of aryl methyl sites for hydroxylation is 1. The number of ether oxygens (including phenoxy) is 1. The first-order valence-corrected chi connectivity index (χ1v) is 8.79. The van der Waals surface area contributed by atoms with Gasteiger partial charge in [-0.3, -0.25) is 4.40 Å². The number of aromatic hydroxyl groups is 1. The van der Waals surface area contributed by atoms with Gasteiger partial charge in [0.05, 0.1) is 7.11 Å². The molecule has 1 saturated carbocycles. The number of fused-ring (bicyclic) bond motifs is 1. The van der Waals surface area contributed by atoms with Crippen LogP contribution in [0.5, 0.6) is 11.5 Å². The molecule has 2 aromatic heterocycles. The highest BCUT2D eigenvalue weighted by atomic mass is 16.5. The monoisotopic (exact) mass is 337 g/mol. The third-order valence-electron chi connectivity index (χ3n) is 4.99. The fourth-order valence-electron chi connectivity index (χ4n) is 3.69. The minimum Gasteiger partial charge on any atom is -0.504 e. The Kier molecular flexibility index (Phi) is 3.99. The van der Waals surface area contributed by atoms with Crippen molar-refractivity contribution in [2.75, 3.05) is 12.4 Å². The van der Waals surface area contributed by atoms with Gasteiger partial charge in [-0.1, -0.05) is 18.9 Å². The normalized spacial score (nSPS) is 15.0. The number of nitrogens with zero attached hydrogens (tertiary/aromatic N) is 2. The maximum Gasteiger partial charge on any atom is 0.160 e. The second kappa shape index (κ2) is 6.31. The number of imidazole rings is 1. The van der Waals surface area contributed by atoms with Gasteiger partial charge in [0.1, 0.15) is 17.2 Å². The first-order chi connectivity index (χ1) is 12.2. The topological polar surface area (TPSA) is 58.8 Å². The van der Waals surface area contributed by atoms with Crippen molar-refractivity contribution in [1.82, 2.24) is 9.38 Å². The van der Waals surface area contributed by atoms with E-state index in [2.05, 4.69) is 22.7 Å². The minimum absolute atomic E-state index is 0.126. The molecule has 3 aromatic rings. The van der Waals surface area contributed by atoms with Crippen LogP contribution in [0.3, 0.4) is 0 Å². The molecule has 0 amide bonds. The predicted octanol–water partition coefficient (Wildman–Crippen LogP) is 4.38. The van der Waals surface area contributed by atoms with E-state index in [1.807, 2.05) is 18.2 Å². The second-order valence-corrected chi connectivity index (χ2v) is 6.68. The molecule has 5 heteroatoms. The number of rotatable bonds is 4. The molecule has 4 rings (SSSR count). The zero-order valence-corrected chi connectivity index (χ0v) is 14.6. The molecular weight excluding hydrogens is 314 g/mol. The van der Waals surface area contributed by atoms with Crippen LogP contribution in [0.1, 0.15) is 31.4 Å². The Balaban J connectivity index is 1.87. The van der Waals surface area contributed by atoms with Crippen molar-refractivity contribution in [1.29, 1.82) is 0 Å². The van der Waals surface area contributed by atoms with Crippen molar-refractivity contribution in [3.8, 4) is 22.8 Å². The summed E-state index contributed by atoms with van der Waals surface area (Å²) < 4.78 is 7.32. The lowest BCUT2D eigenvalue weighted by Gasteiger charge is -2.16. The highest BCUT2D eigenvalue weighted by Gasteiger charge is 2.21. The largest absolute Gasteiger partial charge is 0.504 e. The number of hydrogen-bond acceptors (Lipinski definition) is 4. The zero-order valence-electron chi connectivity index (χ0n) is 14.6.